The van der Waals surface area contributed by atoms with Crippen molar-refractivity contribution in [3.05, 3.63) is 34.9 Å². The second-order valence-corrected chi connectivity index (χ2v) is 5.65. The second kappa shape index (κ2) is 5.72. The van der Waals surface area contributed by atoms with E-state index in [2.05, 4.69) is 36.9 Å². The van der Waals surface area contributed by atoms with E-state index in [1.807, 2.05) is 0 Å². The molecule has 4 nitrogen and oxygen atoms in total. The van der Waals surface area contributed by atoms with Gasteiger partial charge in [0.05, 0.1) is 5.92 Å². The first-order chi connectivity index (χ1) is 8.95. The first kappa shape index (κ1) is 14.0. The number of benzene rings is 1. The molecule has 2 unspecified atom stereocenters. The van der Waals surface area contributed by atoms with Crippen LogP contribution < -0.4 is 5.73 Å². The minimum Gasteiger partial charge on any atom is -0.481 e. The number of likely N-dealkylation sites (tertiary alicyclic amines) is 1. The first-order valence-electron chi connectivity index (χ1n) is 6.72. The van der Waals surface area contributed by atoms with Gasteiger partial charge in [-0.1, -0.05) is 23.8 Å². The number of carbonyl (C=O) groups is 1. The van der Waals surface area contributed by atoms with E-state index in [4.69, 9.17) is 10.8 Å². The normalized spacial score (nSPS) is 24.4. The van der Waals surface area contributed by atoms with Crippen molar-refractivity contribution in [3.8, 4) is 0 Å². The highest BCUT2D eigenvalue weighted by Gasteiger charge is 2.29. The third-order valence-corrected chi connectivity index (χ3v) is 3.80. The third kappa shape index (κ3) is 3.55. The standard InChI is InChI=1S/C15H22N2O2/c1-10-3-4-12(11(2)5-10)7-17-8-13(15(18)19)6-14(16)9-17/h3-5,13-14H,6-9,16H2,1-2H3,(H,18,19). The Morgan fingerprint density at radius 3 is 2.79 bits per heavy atom. The van der Waals surface area contributed by atoms with E-state index < -0.39 is 5.97 Å². The molecule has 1 aromatic carbocycles. The summed E-state index contributed by atoms with van der Waals surface area (Å²) in [4.78, 5) is 13.3. The van der Waals surface area contributed by atoms with Gasteiger partial charge in [0, 0.05) is 25.7 Å². The van der Waals surface area contributed by atoms with Crippen molar-refractivity contribution < 1.29 is 9.90 Å². The Morgan fingerprint density at radius 1 is 1.42 bits per heavy atom. The third-order valence-electron chi connectivity index (χ3n) is 3.80. The van der Waals surface area contributed by atoms with Crippen molar-refractivity contribution in [1.29, 1.82) is 0 Å². The lowest BCUT2D eigenvalue weighted by atomic mass is 9.94. The van der Waals surface area contributed by atoms with Crippen molar-refractivity contribution >= 4 is 5.97 Å². The van der Waals surface area contributed by atoms with Crippen molar-refractivity contribution in [1.82, 2.24) is 4.90 Å². The lowest BCUT2D eigenvalue weighted by molar-refractivity contribution is -0.144. The SMILES string of the molecule is Cc1ccc(CN2CC(N)CC(C(=O)O)C2)c(C)c1. The van der Waals surface area contributed by atoms with E-state index in [-0.39, 0.29) is 12.0 Å². The van der Waals surface area contributed by atoms with Crippen LogP contribution in [0, 0.1) is 19.8 Å². The van der Waals surface area contributed by atoms with Crippen molar-refractivity contribution in [2.45, 2.75) is 32.9 Å². The summed E-state index contributed by atoms with van der Waals surface area (Å²) in [6, 6.07) is 6.34. The fourth-order valence-electron chi connectivity index (χ4n) is 2.80. The maximum atomic E-state index is 11.1. The fraction of sp³-hybridized carbons (Fsp3) is 0.533. The zero-order valence-electron chi connectivity index (χ0n) is 11.6. The van der Waals surface area contributed by atoms with Gasteiger partial charge in [-0.05, 0) is 31.4 Å². The van der Waals surface area contributed by atoms with Gasteiger partial charge in [-0.15, -0.1) is 0 Å². The van der Waals surface area contributed by atoms with Gasteiger partial charge in [0.15, 0.2) is 0 Å². The molecule has 2 rings (SSSR count). The van der Waals surface area contributed by atoms with Gasteiger partial charge < -0.3 is 10.8 Å². The summed E-state index contributed by atoms with van der Waals surface area (Å²) in [5.74, 6) is -1.07. The molecule has 1 saturated heterocycles. The number of hydrogen-bond acceptors (Lipinski definition) is 3. The van der Waals surface area contributed by atoms with Crippen LogP contribution in [-0.2, 0) is 11.3 Å². The molecular weight excluding hydrogens is 240 g/mol. The summed E-state index contributed by atoms with van der Waals surface area (Å²) in [6.45, 7) is 6.33. The summed E-state index contributed by atoms with van der Waals surface area (Å²) in [5, 5.41) is 9.15. The number of piperidine rings is 1. The number of rotatable bonds is 3. The molecular formula is C15H22N2O2. The number of hydrogen-bond donors (Lipinski definition) is 2. The molecule has 2 atom stereocenters. The van der Waals surface area contributed by atoms with Gasteiger partial charge >= 0.3 is 5.97 Å². The van der Waals surface area contributed by atoms with Crippen LogP contribution in [0.3, 0.4) is 0 Å². The lowest BCUT2D eigenvalue weighted by Crippen LogP contribution is -2.48. The fourth-order valence-corrected chi connectivity index (χ4v) is 2.80. The van der Waals surface area contributed by atoms with Crippen LogP contribution in [0.25, 0.3) is 0 Å². The molecule has 1 aliphatic heterocycles. The van der Waals surface area contributed by atoms with Crippen molar-refractivity contribution in [3.63, 3.8) is 0 Å². The first-order valence-corrected chi connectivity index (χ1v) is 6.72. The Labute approximate surface area is 114 Å². The minimum atomic E-state index is -0.735. The van der Waals surface area contributed by atoms with Gasteiger partial charge in [0.1, 0.15) is 0 Å². The second-order valence-electron chi connectivity index (χ2n) is 5.65. The molecule has 0 bridgehead atoms. The van der Waals surface area contributed by atoms with Crippen LogP contribution in [0.4, 0.5) is 0 Å². The highest BCUT2D eigenvalue weighted by Crippen LogP contribution is 2.20. The predicted octanol–water partition coefficient (Wildman–Crippen LogP) is 1.54. The lowest BCUT2D eigenvalue weighted by Gasteiger charge is -2.34. The topological polar surface area (TPSA) is 66.6 Å². The smallest absolute Gasteiger partial charge is 0.307 e. The maximum absolute atomic E-state index is 11.1. The van der Waals surface area contributed by atoms with E-state index in [0.29, 0.717) is 13.0 Å². The van der Waals surface area contributed by atoms with Gasteiger partial charge in [0.25, 0.3) is 0 Å². The summed E-state index contributed by atoms with van der Waals surface area (Å²) >= 11 is 0. The molecule has 19 heavy (non-hydrogen) atoms. The van der Waals surface area contributed by atoms with E-state index in [1.165, 1.54) is 16.7 Å². The summed E-state index contributed by atoms with van der Waals surface area (Å²) < 4.78 is 0. The summed E-state index contributed by atoms with van der Waals surface area (Å²) in [5.41, 5.74) is 9.72. The predicted molar refractivity (Wildman–Crippen MR) is 74.9 cm³/mol. The van der Waals surface area contributed by atoms with Crippen molar-refractivity contribution in [2.75, 3.05) is 13.1 Å². The summed E-state index contributed by atoms with van der Waals surface area (Å²) in [7, 11) is 0. The monoisotopic (exact) mass is 262 g/mol. The summed E-state index contributed by atoms with van der Waals surface area (Å²) in [6.07, 6.45) is 0.582. The maximum Gasteiger partial charge on any atom is 0.307 e. The van der Waals surface area contributed by atoms with Crippen LogP contribution >= 0.6 is 0 Å². The molecule has 3 N–H and O–H groups in total. The van der Waals surface area contributed by atoms with Crippen LogP contribution in [0.2, 0.25) is 0 Å². The molecule has 0 amide bonds. The molecule has 0 aliphatic carbocycles. The van der Waals surface area contributed by atoms with Gasteiger partial charge in [-0.3, -0.25) is 9.69 Å². The molecule has 1 aromatic rings. The van der Waals surface area contributed by atoms with Gasteiger partial charge in [-0.2, -0.15) is 0 Å². The Morgan fingerprint density at radius 2 is 2.16 bits per heavy atom. The zero-order chi connectivity index (χ0) is 14.0. The molecule has 4 heteroatoms. The van der Waals surface area contributed by atoms with E-state index in [1.54, 1.807) is 0 Å². The van der Waals surface area contributed by atoms with E-state index in [9.17, 15) is 4.79 Å². The molecule has 0 spiro atoms. The number of carboxylic acid groups (broad SMARTS) is 1. The van der Waals surface area contributed by atoms with Gasteiger partial charge in [-0.25, -0.2) is 0 Å². The molecule has 1 aliphatic rings. The quantitative estimate of drug-likeness (QED) is 0.867. The van der Waals surface area contributed by atoms with E-state index >= 15 is 0 Å². The molecule has 1 fully saturated rings. The minimum absolute atomic E-state index is 0.0411. The number of nitrogens with zero attached hydrogens (tertiary/aromatic N) is 1. The molecule has 0 radical (unpaired) electrons. The van der Waals surface area contributed by atoms with Gasteiger partial charge in [0.2, 0.25) is 0 Å². The zero-order valence-corrected chi connectivity index (χ0v) is 11.6. The molecule has 104 valence electrons. The Bertz CT molecular complexity index is 473. The average molecular weight is 262 g/mol. The molecule has 1 heterocycles. The van der Waals surface area contributed by atoms with Crippen LogP contribution in [0.1, 0.15) is 23.1 Å². The number of nitrogens with two attached hydrogens (primary N) is 1. The van der Waals surface area contributed by atoms with Crippen LogP contribution in [-0.4, -0.2) is 35.1 Å². The highest BCUT2D eigenvalue weighted by molar-refractivity contribution is 5.70. The van der Waals surface area contributed by atoms with Crippen LogP contribution in [0.15, 0.2) is 18.2 Å². The van der Waals surface area contributed by atoms with Crippen LogP contribution in [0.5, 0.6) is 0 Å². The van der Waals surface area contributed by atoms with Crippen molar-refractivity contribution in [2.24, 2.45) is 11.7 Å². The average Bonchev–Trinajstić information content (AvgIpc) is 2.32. The molecule has 0 aromatic heterocycles. The van der Waals surface area contributed by atoms with E-state index in [0.717, 1.165) is 13.1 Å². The largest absolute Gasteiger partial charge is 0.481 e. The number of carboxylic acids is 1. The Balaban J connectivity index is 2.07. The number of aryl methyl sites for hydroxylation is 2. The Kier molecular flexibility index (Phi) is 4.22. The number of aliphatic carboxylic acids is 1. The Hall–Kier alpha value is -1.39. The molecule has 0 saturated carbocycles. The highest BCUT2D eigenvalue weighted by atomic mass is 16.4.